The molecular formula is C37H26N2O2. The van der Waals surface area contributed by atoms with Crippen molar-refractivity contribution in [3.05, 3.63) is 139 Å². The first-order chi connectivity index (χ1) is 20.2. The van der Waals surface area contributed by atoms with Gasteiger partial charge in [0.05, 0.1) is 11.4 Å². The van der Waals surface area contributed by atoms with Gasteiger partial charge in [-0.25, -0.2) is 0 Å². The van der Waals surface area contributed by atoms with Crippen molar-refractivity contribution in [3.8, 4) is 11.1 Å². The topological polar surface area (TPSA) is 55.5 Å². The fourth-order valence-corrected chi connectivity index (χ4v) is 5.85. The zero-order chi connectivity index (χ0) is 27.3. The van der Waals surface area contributed by atoms with Crippen molar-refractivity contribution < 1.29 is 8.83 Å². The Labute approximate surface area is 236 Å². The van der Waals surface area contributed by atoms with Crippen molar-refractivity contribution in [2.75, 3.05) is 10.6 Å². The van der Waals surface area contributed by atoms with E-state index in [4.69, 9.17) is 14.6 Å². The van der Waals surface area contributed by atoms with E-state index in [-0.39, 0.29) is 0 Å². The molecule has 0 aliphatic carbocycles. The molecule has 4 heteroatoms. The third-order valence-electron chi connectivity index (χ3n) is 7.91. The Morgan fingerprint density at radius 3 is 1.93 bits per heavy atom. The highest BCUT2D eigenvalue weighted by molar-refractivity contribution is 6.19. The van der Waals surface area contributed by atoms with Gasteiger partial charge in [-0.2, -0.15) is 0 Å². The number of para-hydroxylation sites is 3. The van der Waals surface area contributed by atoms with Crippen LogP contribution in [0.5, 0.6) is 0 Å². The second-order valence-electron chi connectivity index (χ2n) is 10.4. The van der Waals surface area contributed by atoms with Crippen LogP contribution in [0.25, 0.3) is 55.0 Å². The summed E-state index contributed by atoms with van der Waals surface area (Å²) in [5.74, 6) is 0. The van der Waals surface area contributed by atoms with E-state index in [1.165, 1.54) is 5.56 Å². The summed E-state index contributed by atoms with van der Waals surface area (Å²) in [4.78, 5) is 2.26. The van der Waals surface area contributed by atoms with Gasteiger partial charge in [0.1, 0.15) is 11.2 Å². The van der Waals surface area contributed by atoms with Crippen molar-refractivity contribution in [1.82, 2.24) is 0 Å². The number of furan rings is 2. The maximum absolute atomic E-state index is 6.42. The van der Waals surface area contributed by atoms with Crippen LogP contribution in [-0.4, -0.2) is 0 Å². The number of nitrogen functional groups attached to an aromatic ring is 1. The second kappa shape index (κ2) is 9.32. The molecular weight excluding hydrogens is 504 g/mol. The first kappa shape index (κ1) is 23.4. The minimum absolute atomic E-state index is 0.720. The molecule has 0 radical (unpaired) electrons. The summed E-state index contributed by atoms with van der Waals surface area (Å²) in [6.45, 7) is 0.720. The van der Waals surface area contributed by atoms with Crippen LogP contribution in [0.3, 0.4) is 0 Å². The Hall–Kier alpha value is -5.48. The average Bonchev–Trinajstić information content (AvgIpc) is 3.59. The highest BCUT2D eigenvalue weighted by atomic mass is 16.4. The van der Waals surface area contributed by atoms with E-state index in [2.05, 4.69) is 95.9 Å². The Morgan fingerprint density at radius 2 is 1.15 bits per heavy atom. The lowest BCUT2D eigenvalue weighted by Gasteiger charge is -2.27. The fourth-order valence-electron chi connectivity index (χ4n) is 5.85. The van der Waals surface area contributed by atoms with Gasteiger partial charge in [0, 0.05) is 33.8 Å². The maximum Gasteiger partial charge on any atom is 0.178 e. The lowest BCUT2D eigenvalue weighted by Crippen LogP contribution is -2.17. The standard InChI is InChI=1S/C37H26N2O2/c38-32-11-5-6-12-33(32)39(23-24-8-2-1-3-9-24)27-17-14-25(15-18-27)26-16-21-35-31(22-26)30-20-19-29-28-10-4-7-13-34(28)40-36(29)37(30)41-35/h1-22H,23,38H2. The molecule has 2 N–H and O–H groups in total. The van der Waals surface area contributed by atoms with Crippen LogP contribution in [0, 0.1) is 0 Å². The van der Waals surface area contributed by atoms with Crippen LogP contribution in [0.1, 0.15) is 5.56 Å². The van der Waals surface area contributed by atoms with Crippen molar-refractivity contribution >= 4 is 60.9 Å². The zero-order valence-electron chi connectivity index (χ0n) is 22.2. The molecule has 8 aromatic rings. The predicted octanol–water partition coefficient (Wildman–Crippen LogP) is 10.1. The Morgan fingerprint density at radius 1 is 0.512 bits per heavy atom. The maximum atomic E-state index is 6.42. The van der Waals surface area contributed by atoms with E-state index in [1.807, 2.05) is 42.5 Å². The molecule has 2 aromatic heterocycles. The molecule has 0 atom stereocenters. The molecule has 0 saturated carbocycles. The summed E-state index contributed by atoms with van der Waals surface area (Å²) >= 11 is 0. The molecule has 4 nitrogen and oxygen atoms in total. The number of hydrogen-bond acceptors (Lipinski definition) is 4. The van der Waals surface area contributed by atoms with E-state index in [9.17, 15) is 0 Å². The number of fused-ring (bicyclic) bond motifs is 7. The van der Waals surface area contributed by atoms with Gasteiger partial charge in [-0.3, -0.25) is 0 Å². The first-order valence-electron chi connectivity index (χ1n) is 13.8. The molecule has 0 bridgehead atoms. The largest absolute Gasteiger partial charge is 0.452 e. The van der Waals surface area contributed by atoms with Crippen molar-refractivity contribution in [2.24, 2.45) is 0 Å². The van der Waals surface area contributed by atoms with Gasteiger partial charge in [-0.15, -0.1) is 0 Å². The van der Waals surface area contributed by atoms with Crippen molar-refractivity contribution in [2.45, 2.75) is 6.54 Å². The van der Waals surface area contributed by atoms with Gasteiger partial charge in [-0.1, -0.05) is 78.9 Å². The molecule has 0 amide bonds. The smallest absolute Gasteiger partial charge is 0.178 e. The van der Waals surface area contributed by atoms with Crippen LogP contribution in [-0.2, 0) is 6.54 Å². The second-order valence-corrected chi connectivity index (χ2v) is 10.4. The molecule has 0 aliphatic heterocycles. The monoisotopic (exact) mass is 530 g/mol. The highest BCUT2D eigenvalue weighted by Crippen LogP contribution is 2.40. The van der Waals surface area contributed by atoms with Crippen LogP contribution >= 0.6 is 0 Å². The van der Waals surface area contributed by atoms with E-state index in [0.29, 0.717) is 0 Å². The Balaban J connectivity index is 1.19. The summed E-state index contributed by atoms with van der Waals surface area (Å²) in [5.41, 5.74) is 16.0. The van der Waals surface area contributed by atoms with Gasteiger partial charge >= 0.3 is 0 Å². The van der Waals surface area contributed by atoms with Gasteiger partial charge in [-0.05, 0) is 71.3 Å². The molecule has 0 fully saturated rings. The number of nitrogens with zero attached hydrogens (tertiary/aromatic N) is 1. The number of hydrogen-bond donors (Lipinski definition) is 1. The third kappa shape index (κ3) is 3.92. The fraction of sp³-hybridized carbons (Fsp3) is 0.0270. The summed E-state index contributed by atoms with van der Waals surface area (Å²) in [5, 5.41) is 4.30. The van der Waals surface area contributed by atoms with Gasteiger partial charge < -0.3 is 19.5 Å². The minimum Gasteiger partial charge on any atom is -0.452 e. The molecule has 2 heterocycles. The first-order valence-corrected chi connectivity index (χ1v) is 13.8. The van der Waals surface area contributed by atoms with Crippen LogP contribution in [0.15, 0.2) is 142 Å². The lowest BCUT2D eigenvalue weighted by atomic mass is 10.0. The summed E-state index contributed by atoms with van der Waals surface area (Å²) in [6, 6.07) is 45.9. The third-order valence-corrected chi connectivity index (χ3v) is 7.91. The van der Waals surface area contributed by atoms with E-state index < -0.39 is 0 Å². The molecule has 0 spiro atoms. The number of anilines is 3. The van der Waals surface area contributed by atoms with Gasteiger partial charge in [0.25, 0.3) is 0 Å². The lowest BCUT2D eigenvalue weighted by molar-refractivity contribution is 0.633. The quantitative estimate of drug-likeness (QED) is 0.225. The molecule has 6 aromatic carbocycles. The molecule has 41 heavy (non-hydrogen) atoms. The van der Waals surface area contributed by atoms with E-state index in [1.54, 1.807) is 0 Å². The zero-order valence-corrected chi connectivity index (χ0v) is 22.2. The van der Waals surface area contributed by atoms with Crippen molar-refractivity contribution in [1.29, 1.82) is 0 Å². The SMILES string of the molecule is Nc1ccccc1N(Cc1ccccc1)c1ccc(-c2ccc3oc4c(ccc5c6ccccc6oc54)c3c2)cc1. The van der Waals surface area contributed by atoms with Crippen LogP contribution in [0.2, 0.25) is 0 Å². The molecule has 196 valence electrons. The normalized spacial score (nSPS) is 11.6. The van der Waals surface area contributed by atoms with E-state index in [0.717, 1.165) is 78.6 Å². The summed E-state index contributed by atoms with van der Waals surface area (Å²) in [7, 11) is 0. The van der Waals surface area contributed by atoms with Gasteiger partial charge in [0.2, 0.25) is 0 Å². The average molecular weight is 531 g/mol. The predicted molar refractivity (Wildman–Crippen MR) is 170 cm³/mol. The Kier molecular flexibility index (Phi) is 5.32. The van der Waals surface area contributed by atoms with Crippen LogP contribution in [0.4, 0.5) is 17.1 Å². The van der Waals surface area contributed by atoms with Gasteiger partial charge in [0.15, 0.2) is 11.2 Å². The van der Waals surface area contributed by atoms with E-state index >= 15 is 0 Å². The summed E-state index contributed by atoms with van der Waals surface area (Å²) in [6.07, 6.45) is 0. The molecule has 8 rings (SSSR count). The number of nitrogens with two attached hydrogens (primary N) is 1. The molecule has 0 saturated heterocycles. The molecule has 0 unspecified atom stereocenters. The van der Waals surface area contributed by atoms with Crippen LogP contribution < -0.4 is 10.6 Å². The minimum atomic E-state index is 0.720. The number of rotatable bonds is 5. The Bertz CT molecular complexity index is 2190. The van der Waals surface area contributed by atoms with Crippen molar-refractivity contribution in [3.63, 3.8) is 0 Å². The number of benzene rings is 6. The highest BCUT2D eigenvalue weighted by Gasteiger charge is 2.17. The summed E-state index contributed by atoms with van der Waals surface area (Å²) < 4.78 is 12.6. The molecule has 0 aliphatic rings.